The highest BCUT2D eigenvalue weighted by molar-refractivity contribution is 6.01. The standard InChI is InChI=1S/C58H96FN3O15/c1-14-45-56(11,72)48(68)37(7)62(13)30-32(2)28-55(10,71)49(35(5)46(66)36(6)50(69)76-45)77-51-47(67)42(26-34(4)75-51)61(12)24-18-16-15-17-23-60-52(70)74-31-44(65)58(73)33(3)25-41-40-20-19-38-27-39(63)21-22-53(38,8)57(40,59)43(64)29-54(41,58)9/h21-22,27,32-37,40-43,45-49,51,64,66-68,71-73H,14-20,23-26,28-31H2,1-13H3,(H,60,70)/t32-,33-,34-,35+,36-,37-,40+,41+,42?,43+,45-,46+,47-,48-,49-,51+,53+,54+,55-,56-,57?,58?/m1/s1. The molecule has 18 nitrogen and oxygen atoms in total. The number of alkyl carbamates (subject to hydrolysis) is 1. The van der Waals surface area contributed by atoms with Gasteiger partial charge in [0.1, 0.15) is 29.5 Å². The highest BCUT2D eigenvalue weighted by Crippen LogP contribution is 2.70. The van der Waals surface area contributed by atoms with Crippen molar-refractivity contribution in [1.82, 2.24) is 15.1 Å². The maximum atomic E-state index is 17.6. The topological polar surface area (TPSA) is 265 Å². The molecule has 0 bridgehead atoms. The van der Waals surface area contributed by atoms with Gasteiger partial charge < -0.3 is 69.8 Å². The number of nitrogens with zero attached hydrogens (tertiary/aromatic N) is 2. The van der Waals surface area contributed by atoms with Gasteiger partial charge in [0.25, 0.3) is 0 Å². The summed E-state index contributed by atoms with van der Waals surface area (Å²) in [5.41, 5.74) is -9.25. The Morgan fingerprint density at radius 3 is 2.25 bits per heavy atom. The fourth-order valence-corrected chi connectivity index (χ4v) is 15.3. The van der Waals surface area contributed by atoms with Gasteiger partial charge in [0.2, 0.25) is 5.78 Å². The largest absolute Gasteiger partial charge is 0.459 e. The molecule has 77 heavy (non-hydrogen) atoms. The lowest BCUT2D eigenvalue weighted by Crippen LogP contribution is -2.69. The van der Waals surface area contributed by atoms with Crippen molar-refractivity contribution < 1.29 is 78.3 Å². The minimum atomic E-state index is -2.10. The Labute approximate surface area is 456 Å². The summed E-state index contributed by atoms with van der Waals surface area (Å²) in [7, 11) is 3.72. The van der Waals surface area contributed by atoms with E-state index in [0.29, 0.717) is 50.8 Å². The van der Waals surface area contributed by atoms with E-state index in [9.17, 15) is 54.9 Å². The molecule has 3 saturated carbocycles. The number of aliphatic hydroxyl groups is 7. The van der Waals surface area contributed by atoms with E-state index >= 15 is 4.39 Å². The van der Waals surface area contributed by atoms with Crippen molar-refractivity contribution >= 4 is 23.6 Å². The molecule has 0 aromatic carbocycles. The molecule has 4 aliphatic carbocycles. The number of unbranched alkanes of at least 4 members (excludes halogenated alkanes) is 3. The molecule has 440 valence electrons. The van der Waals surface area contributed by atoms with E-state index in [1.165, 1.54) is 26.0 Å². The Balaban J connectivity index is 0.987. The molecule has 5 fully saturated rings. The zero-order valence-corrected chi connectivity index (χ0v) is 48.2. The van der Waals surface area contributed by atoms with Crippen LogP contribution in [0.1, 0.15) is 147 Å². The van der Waals surface area contributed by atoms with Gasteiger partial charge in [-0.1, -0.05) is 59.1 Å². The summed E-state index contributed by atoms with van der Waals surface area (Å²) in [5.74, 6) is -5.60. The van der Waals surface area contributed by atoms with Gasteiger partial charge in [0.15, 0.2) is 24.3 Å². The van der Waals surface area contributed by atoms with E-state index in [2.05, 4.69) is 5.32 Å². The van der Waals surface area contributed by atoms with Gasteiger partial charge in [-0.3, -0.25) is 14.4 Å². The Bertz CT molecular complexity index is 2160. The quantitative estimate of drug-likeness (QED) is 0.0876. The minimum absolute atomic E-state index is 0.177. The van der Waals surface area contributed by atoms with Crippen molar-refractivity contribution in [3.8, 4) is 0 Å². The molecule has 0 aromatic rings. The Morgan fingerprint density at radius 1 is 0.922 bits per heavy atom. The SMILES string of the molecule is CC[C@H]1OC(=O)[C@H](C)[C@@H](O)[C@H](C)[C@@H](O[C@@H]2O[C@H](C)CC(N(C)CCCCCCNC(=O)OCC(=O)C3(O)[C@H](C)C[C@H]4[C@@H]5CCC6=CC(=O)C=C[C@]6(C)C5(F)[C@@H](O)C[C@@]43C)[C@H]2O)[C@](C)(O)C[C@@H](C)CN(C)[C@H](C)[C@@H](O)[C@]1(C)O. The second-order valence-electron chi connectivity index (χ2n) is 25.6. The summed E-state index contributed by atoms with van der Waals surface area (Å²) >= 11 is 0. The number of ketones is 2. The van der Waals surface area contributed by atoms with Crippen molar-refractivity contribution in [3.05, 3.63) is 23.8 Å². The molecular formula is C58H96FN3O15. The van der Waals surface area contributed by atoms with Crippen LogP contribution in [0.3, 0.4) is 0 Å². The molecule has 0 aromatic heterocycles. The third kappa shape index (κ3) is 12.0. The van der Waals surface area contributed by atoms with Crippen molar-refractivity contribution in [2.45, 2.75) is 230 Å². The number of aliphatic hydroxyl groups excluding tert-OH is 4. The van der Waals surface area contributed by atoms with E-state index in [-0.39, 0.29) is 43.6 Å². The summed E-state index contributed by atoms with van der Waals surface area (Å²) in [6, 6.07) is -0.963. The molecule has 19 heteroatoms. The Kier molecular flexibility index (Phi) is 19.9. The normalized spacial score (nSPS) is 46.2. The molecule has 0 spiro atoms. The summed E-state index contributed by atoms with van der Waals surface area (Å²) in [4.78, 5) is 56.6. The fraction of sp³-hybridized carbons (Fsp3) is 0.862. The fourth-order valence-electron chi connectivity index (χ4n) is 15.3. The number of fused-ring (bicyclic) bond motifs is 5. The molecule has 6 rings (SSSR count). The first kappa shape index (κ1) is 63.2. The van der Waals surface area contributed by atoms with Gasteiger partial charge in [0, 0.05) is 47.8 Å². The molecule has 3 unspecified atom stereocenters. The summed E-state index contributed by atoms with van der Waals surface area (Å²) in [6.07, 6.45) is -0.780. The lowest BCUT2D eigenvalue weighted by Gasteiger charge is -2.62. The lowest BCUT2D eigenvalue weighted by molar-refractivity contribution is -0.299. The number of likely N-dealkylation sites (N-methyl/N-ethyl adjacent to an activating group) is 2. The number of rotatable bonds is 14. The third-order valence-electron chi connectivity index (χ3n) is 20.1. The number of cyclic esters (lactones) is 1. The first-order valence-electron chi connectivity index (χ1n) is 28.6. The summed E-state index contributed by atoms with van der Waals surface area (Å²) in [6.45, 7) is 19.4. The van der Waals surface area contributed by atoms with E-state index in [0.717, 1.165) is 19.3 Å². The number of esters is 1. The second kappa shape index (κ2) is 24.3. The van der Waals surface area contributed by atoms with Gasteiger partial charge in [-0.25, -0.2) is 9.18 Å². The Morgan fingerprint density at radius 2 is 1.58 bits per heavy atom. The molecule has 2 aliphatic heterocycles. The monoisotopic (exact) mass is 1090 g/mol. The van der Waals surface area contributed by atoms with Crippen molar-refractivity contribution in [2.24, 2.45) is 46.3 Å². The van der Waals surface area contributed by atoms with Crippen LogP contribution in [-0.2, 0) is 33.3 Å². The number of ether oxygens (including phenoxy) is 4. The second-order valence-corrected chi connectivity index (χ2v) is 25.6. The average Bonchev–Trinajstić information content (AvgIpc) is 3.81. The number of amides is 1. The average molecular weight is 1090 g/mol. The van der Waals surface area contributed by atoms with Gasteiger partial charge >= 0.3 is 12.1 Å². The number of alkyl halides is 1. The van der Waals surface area contributed by atoms with Crippen molar-refractivity contribution in [3.63, 3.8) is 0 Å². The predicted octanol–water partition coefficient (Wildman–Crippen LogP) is 4.55. The van der Waals surface area contributed by atoms with Crippen LogP contribution in [-0.4, -0.2) is 193 Å². The number of hydrogen-bond donors (Lipinski definition) is 8. The zero-order valence-electron chi connectivity index (χ0n) is 48.2. The number of carbonyl (C=O) groups excluding carboxylic acids is 4. The van der Waals surface area contributed by atoms with Gasteiger partial charge in [-0.2, -0.15) is 0 Å². The third-order valence-corrected chi connectivity index (χ3v) is 20.1. The van der Waals surface area contributed by atoms with Crippen molar-refractivity contribution in [2.75, 3.05) is 40.3 Å². The van der Waals surface area contributed by atoms with E-state index in [1.807, 2.05) is 37.7 Å². The van der Waals surface area contributed by atoms with Crippen LogP contribution in [0.25, 0.3) is 0 Å². The number of nitrogens with one attached hydrogen (secondary N) is 1. The first-order valence-corrected chi connectivity index (χ1v) is 28.6. The van der Waals surface area contributed by atoms with Gasteiger partial charge in [-0.15, -0.1) is 0 Å². The van der Waals surface area contributed by atoms with Crippen LogP contribution in [0.2, 0.25) is 0 Å². The van der Waals surface area contributed by atoms with Crippen LogP contribution < -0.4 is 5.32 Å². The molecule has 22 atom stereocenters. The summed E-state index contributed by atoms with van der Waals surface area (Å²) < 4.78 is 41.6. The van der Waals surface area contributed by atoms with Crippen LogP contribution >= 0.6 is 0 Å². The molecule has 1 amide bonds. The lowest BCUT2D eigenvalue weighted by atomic mass is 9.44. The van der Waals surface area contributed by atoms with Crippen molar-refractivity contribution in [1.29, 1.82) is 0 Å². The van der Waals surface area contributed by atoms with Crippen LogP contribution in [0.4, 0.5) is 9.18 Å². The number of Topliss-reactive ketones (excluding diaryl/α,β-unsaturated/α-hetero) is 1. The molecule has 8 N–H and O–H groups in total. The maximum Gasteiger partial charge on any atom is 0.407 e. The molecule has 2 saturated heterocycles. The van der Waals surface area contributed by atoms with E-state index in [4.69, 9.17) is 18.9 Å². The van der Waals surface area contributed by atoms with E-state index < -0.39 is 142 Å². The number of halogens is 1. The zero-order chi connectivity index (χ0) is 57.5. The van der Waals surface area contributed by atoms with E-state index in [1.54, 1.807) is 54.5 Å². The number of hydrogen-bond acceptors (Lipinski definition) is 17. The number of carbonyl (C=O) groups is 4. The molecule has 2 heterocycles. The first-order chi connectivity index (χ1) is 35.7. The van der Waals surface area contributed by atoms with Crippen LogP contribution in [0, 0.1) is 46.3 Å². The maximum absolute atomic E-state index is 17.6. The predicted molar refractivity (Wildman–Crippen MR) is 285 cm³/mol. The number of allylic oxidation sites excluding steroid dienone is 4. The Hall–Kier alpha value is -2.95. The highest BCUT2D eigenvalue weighted by Gasteiger charge is 2.75. The summed E-state index contributed by atoms with van der Waals surface area (Å²) in [5, 5.41) is 85.5. The van der Waals surface area contributed by atoms with Gasteiger partial charge in [-0.05, 0) is 150 Å². The highest BCUT2D eigenvalue weighted by atomic mass is 19.1. The van der Waals surface area contributed by atoms with Gasteiger partial charge in [0.05, 0.1) is 35.9 Å². The minimum Gasteiger partial charge on any atom is -0.459 e. The smallest absolute Gasteiger partial charge is 0.407 e. The van der Waals surface area contributed by atoms with Crippen LogP contribution in [0.5, 0.6) is 0 Å². The molecular weight excluding hydrogens is 998 g/mol. The van der Waals surface area contributed by atoms with Crippen LogP contribution in [0.15, 0.2) is 23.8 Å². The molecule has 6 aliphatic rings. The molecule has 0 radical (unpaired) electrons.